The molecule has 6 heteroatoms. The van der Waals surface area contributed by atoms with Gasteiger partial charge in [0.25, 0.3) is 0 Å². The van der Waals surface area contributed by atoms with Crippen molar-refractivity contribution in [2.45, 2.75) is 23.4 Å². The Hall–Kier alpha value is -2.47. The summed E-state index contributed by atoms with van der Waals surface area (Å²) in [6.07, 6.45) is -2.62. The van der Waals surface area contributed by atoms with E-state index in [1.165, 1.54) is 6.07 Å². The van der Waals surface area contributed by atoms with Crippen LogP contribution in [0.5, 0.6) is 17.2 Å². The maximum absolute atomic E-state index is 10.9. The van der Waals surface area contributed by atoms with E-state index < -0.39 is 23.4 Å². The molecule has 3 N–H and O–H groups in total. The van der Waals surface area contributed by atoms with E-state index in [4.69, 9.17) is 21.1 Å². The van der Waals surface area contributed by atoms with Gasteiger partial charge in [0.2, 0.25) is 0 Å². The van der Waals surface area contributed by atoms with Gasteiger partial charge in [-0.15, -0.1) is 11.6 Å². The van der Waals surface area contributed by atoms with Crippen LogP contribution in [0.15, 0.2) is 54.6 Å². The molecule has 0 unspecified atom stereocenters. The number of phenols is 1. The fourth-order valence-electron chi connectivity index (χ4n) is 3.89. The lowest BCUT2D eigenvalue weighted by Gasteiger charge is -2.47. The number of fused-ring (bicyclic) bond motifs is 2. The van der Waals surface area contributed by atoms with Gasteiger partial charge >= 0.3 is 5.79 Å². The standard InChI is InChI=1S/C20H15ClO5/c21-17-18(23)16-11(6-3-7-12(16)22)20(19(17)24)25-13-8-1-4-10-5-2-9-14(26-20)15(10)13/h1-9,17-19,22-24H/t17-,18-,19-/m1/s1. The summed E-state index contributed by atoms with van der Waals surface area (Å²) in [4.78, 5) is 0. The van der Waals surface area contributed by atoms with E-state index in [0.717, 1.165) is 10.8 Å². The van der Waals surface area contributed by atoms with E-state index in [1.807, 2.05) is 24.3 Å². The number of halogens is 1. The SMILES string of the molecule is Oc1cccc2c1[C@@H](O)[C@@H](Cl)[C@@H](O)C21Oc2cccc3cccc(c23)O1. The van der Waals surface area contributed by atoms with Crippen LogP contribution in [0.25, 0.3) is 10.8 Å². The van der Waals surface area contributed by atoms with Gasteiger partial charge in [-0.1, -0.05) is 36.4 Å². The Morgan fingerprint density at radius 1 is 0.885 bits per heavy atom. The van der Waals surface area contributed by atoms with Gasteiger partial charge < -0.3 is 24.8 Å². The maximum atomic E-state index is 10.9. The van der Waals surface area contributed by atoms with Crippen molar-refractivity contribution in [1.82, 2.24) is 0 Å². The zero-order valence-electron chi connectivity index (χ0n) is 13.5. The Balaban J connectivity index is 1.80. The molecule has 0 amide bonds. The second-order valence-electron chi connectivity index (χ2n) is 6.55. The van der Waals surface area contributed by atoms with Crippen molar-refractivity contribution in [3.8, 4) is 17.2 Å². The molecule has 1 aliphatic carbocycles. The molecule has 0 fully saturated rings. The lowest BCUT2D eigenvalue weighted by Crippen LogP contribution is -2.59. The van der Waals surface area contributed by atoms with Crippen LogP contribution in [0.1, 0.15) is 17.2 Å². The summed E-state index contributed by atoms with van der Waals surface area (Å²) in [5.41, 5.74) is 0.547. The van der Waals surface area contributed by atoms with Crippen LogP contribution in [0.3, 0.4) is 0 Å². The Morgan fingerprint density at radius 3 is 2.15 bits per heavy atom. The number of alkyl halides is 1. The number of rotatable bonds is 0. The first kappa shape index (κ1) is 15.8. The number of hydrogen-bond donors (Lipinski definition) is 3. The molecule has 2 aliphatic rings. The van der Waals surface area contributed by atoms with Crippen molar-refractivity contribution in [2.75, 3.05) is 0 Å². The molecule has 0 bridgehead atoms. The third-order valence-electron chi connectivity index (χ3n) is 5.10. The number of phenolic OH excluding ortho intramolecular Hbond substituents is 1. The van der Waals surface area contributed by atoms with Crippen molar-refractivity contribution in [2.24, 2.45) is 0 Å². The molecule has 1 aliphatic heterocycles. The minimum atomic E-state index is -1.66. The van der Waals surface area contributed by atoms with Gasteiger partial charge in [-0.25, -0.2) is 0 Å². The molecule has 0 saturated carbocycles. The number of hydrogen-bond acceptors (Lipinski definition) is 5. The van der Waals surface area contributed by atoms with Crippen molar-refractivity contribution in [3.05, 3.63) is 65.7 Å². The van der Waals surface area contributed by atoms with Crippen molar-refractivity contribution in [3.63, 3.8) is 0 Å². The molecular weight excluding hydrogens is 356 g/mol. The summed E-state index contributed by atoms with van der Waals surface area (Å²) < 4.78 is 12.3. The maximum Gasteiger partial charge on any atom is 0.306 e. The minimum Gasteiger partial charge on any atom is -0.508 e. The zero-order valence-corrected chi connectivity index (χ0v) is 14.2. The number of benzene rings is 3. The van der Waals surface area contributed by atoms with E-state index in [1.54, 1.807) is 24.3 Å². The van der Waals surface area contributed by atoms with Crippen LogP contribution in [0, 0.1) is 0 Å². The summed E-state index contributed by atoms with van der Waals surface area (Å²) in [6.45, 7) is 0. The van der Waals surface area contributed by atoms with E-state index in [0.29, 0.717) is 17.1 Å². The Kier molecular flexibility index (Phi) is 3.19. The van der Waals surface area contributed by atoms with E-state index in [9.17, 15) is 15.3 Å². The number of aliphatic hydroxyl groups excluding tert-OH is 2. The molecular formula is C20H15ClO5. The highest BCUT2D eigenvalue weighted by atomic mass is 35.5. The molecule has 1 spiro atoms. The molecule has 1 heterocycles. The first-order valence-electron chi connectivity index (χ1n) is 8.25. The lowest BCUT2D eigenvalue weighted by molar-refractivity contribution is -0.212. The molecule has 132 valence electrons. The predicted octanol–water partition coefficient (Wildman–Crippen LogP) is 3.18. The fourth-order valence-corrected chi connectivity index (χ4v) is 4.18. The lowest BCUT2D eigenvalue weighted by atomic mass is 9.81. The van der Waals surface area contributed by atoms with Crippen molar-refractivity contribution < 1.29 is 24.8 Å². The molecule has 0 aromatic heterocycles. The zero-order chi connectivity index (χ0) is 18.1. The first-order valence-corrected chi connectivity index (χ1v) is 8.69. The van der Waals surface area contributed by atoms with Gasteiger partial charge in [-0.3, -0.25) is 0 Å². The van der Waals surface area contributed by atoms with Crippen LogP contribution in [0.4, 0.5) is 0 Å². The van der Waals surface area contributed by atoms with Crippen LogP contribution in [0.2, 0.25) is 0 Å². The average molecular weight is 371 g/mol. The Morgan fingerprint density at radius 2 is 1.50 bits per heavy atom. The Labute approximate surface area is 154 Å². The number of ether oxygens (including phenoxy) is 2. The molecule has 3 atom stereocenters. The van der Waals surface area contributed by atoms with Gasteiger partial charge in [-0.2, -0.15) is 0 Å². The molecule has 3 aromatic rings. The summed E-state index contributed by atoms with van der Waals surface area (Å²) in [7, 11) is 0. The molecule has 0 saturated heterocycles. The molecule has 5 nitrogen and oxygen atoms in total. The highest BCUT2D eigenvalue weighted by molar-refractivity contribution is 6.21. The Bertz CT molecular complexity index is 993. The van der Waals surface area contributed by atoms with Gasteiger partial charge in [0.05, 0.1) is 10.8 Å². The summed E-state index contributed by atoms with van der Waals surface area (Å²) in [5.74, 6) is -0.713. The number of aliphatic hydroxyl groups is 2. The second-order valence-corrected chi connectivity index (χ2v) is 7.06. The molecule has 5 rings (SSSR count). The summed E-state index contributed by atoms with van der Waals surface area (Å²) in [5, 5.41) is 32.3. The quantitative estimate of drug-likeness (QED) is 0.530. The summed E-state index contributed by atoms with van der Waals surface area (Å²) >= 11 is 6.30. The summed E-state index contributed by atoms with van der Waals surface area (Å²) in [6, 6.07) is 15.9. The normalized spacial score (nSPS) is 25.4. The predicted molar refractivity (Wildman–Crippen MR) is 95.6 cm³/mol. The topological polar surface area (TPSA) is 79.2 Å². The van der Waals surface area contributed by atoms with E-state index in [-0.39, 0.29) is 11.3 Å². The highest BCUT2D eigenvalue weighted by Gasteiger charge is 2.58. The molecule has 3 aromatic carbocycles. The van der Waals surface area contributed by atoms with E-state index >= 15 is 0 Å². The van der Waals surface area contributed by atoms with Gasteiger partial charge in [-0.05, 0) is 23.6 Å². The van der Waals surface area contributed by atoms with Crippen LogP contribution < -0.4 is 9.47 Å². The van der Waals surface area contributed by atoms with Gasteiger partial charge in [0, 0.05) is 11.1 Å². The first-order chi connectivity index (χ1) is 12.5. The van der Waals surface area contributed by atoms with Crippen molar-refractivity contribution >= 4 is 22.4 Å². The van der Waals surface area contributed by atoms with Crippen LogP contribution >= 0.6 is 11.6 Å². The van der Waals surface area contributed by atoms with Crippen LogP contribution in [-0.4, -0.2) is 26.8 Å². The third kappa shape index (κ3) is 1.88. The van der Waals surface area contributed by atoms with Crippen LogP contribution in [-0.2, 0) is 5.79 Å². The second kappa shape index (κ2) is 5.27. The minimum absolute atomic E-state index is 0.129. The van der Waals surface area contributed by atoms with Crippen molar-refractivity contribution in [1.29, 1.82) is 0 Å². The largest absolute Gasteiger partial charge is 0.508 e. The number of aromatic hydroxyl groups is 1. The fraction of sp³-hybridized carbons (Fsp3) is 0.200. The average Bonchev–Trinajstić information content (AvgIpc) is 2.65. The van der Waals surface area contributed by atoms with Gasteiger partial charge in [0.1, 0.15) is 23.4 Å². The highest BCUT2D eigenvalue weighted by Crippen LogP contribution is 2.53. The smallest absolute Gasteiger partial charge is 0.306 e. The third-order valence-corrected chi connectivity index (χ3v) is 5.58. The molecule has 26 heavy (non-hydrogen) atoms. The monoisotopic (exact) mass is 370 g/mol. The molecule has 0 radical (unpaired) electrons. The van der Waals surface area contributed by atoms with E-state index in [2.05, 4.69) is 0 Å². The van der Waals surface area contributed by atoms with Gasteiger partial charge in [0.15, 0.2) is 6.10 Å².